The highest BCUT2D eigenvalue weighted by Gasteiger charge is 2.14. The van der Waals surface area contributed by atoms with E-state index in [0.717, 1.165) is 36.0 Å². The van der Waals surface area contributed by atoms with Gasteiger partial charge in [-0.15, -0.1) is 0 Å². The Morgan fingerprint density at radius 1 is 1.04 bits per heavy atom. The zero-order valence-electron chi connectivity index (χ0n) is 14.2. The molecule has 1 heterocycles. The Morgan fingerprint density at radius 3 is 2.50 bits per heavy atom. The molecular formula is C19H25FN4. The van der Waals surface area contributed by atoms with Crippen LogP contribution in [0.4, 0.5) is 16.0 Å². The second kappa shape index (κ2) is 8.08. The molecule has 3 rings (SSSR count). The van der Waals surface area contributed by atoms with E-state index in [1.807, 2.05) is 25.1 Å². The van der Waals surface area contributed by atoms with Crippen molar-refractivity contribution in [3.05, 3.63) is 47.5 Å². The number of benzene rings is 1. The molecule has 0 saturated heterocycles. The Morgan fingerprint density at radius 2 is 1.75 bits per heavy atom. The molecule has 0 aliphatic heterocycles. The fourth-order valence-electron chi connectivity index (χ4n) is 3.17. The first-order chi connectivity index (χ1) is 11.7. The van der Waals surface area contributed by atoms with Crippen LogP contribution in [0.1, 0.15) is 43.5 Å². The highest BCUT2D eigenvalue weighted by Crippen LogP contribution is 2.21. The van der Waals surface area contributed by atoms with Crippen molar-refractivity contribution in [2.24, 2.45) is 0 Å². The maximum atomic E-state index is 12.9. The first kappa shape index (κ1) is 16.7. The molecule has 4 nitrogen and oxygen atoms in total. The van der Waals surface area contributed by atoms with Gasteiger partial charge in [-0.05, 0) is 43.9 Å². The summed E-state index contributed by atoms with van der Waals surface area (Å²) < 4.78 is 12.9. The van der Waals surface area contributed by atoms with Gasteiger partial charge in [-0.1, -0.05) is 31.4 Å². The molecule has 1 aliphatic carbocycles. The molecule has 5 heteroatoms. The van der Waals surface area contributed by atoms with Crippen LogP contribution in [-0.4, -0.2) is 22.6 Å². The molecule has 2 aromatic rings. The van der Waals surface area contributed by atoms with Crippen LogP contribution in [0.3, 0.4) is 0 Å². The lowest BCUT2D eigenvalue weighted by molar-refractivity contribution is 0.462. The van der Waals surface area contributed by atoms with Gasteiger partial charge < -0.3 is 10.6 Å². The number of rotatable bonds is 6. The van der Waals surface area contributed by atoms with E-state index in [-0.39, 0.29) is 5.82 Å². The van der Waals surface area contributed by atoms with E-state index in [4.69, 9.17) is 0 Å². The Labute approximate surface area is 142 Å². The van der Waals surface area contributed by atoms with Gasteiger partial charge in [-0.25, -0.2) is 14.4 Å². The van der Waals surface area contributed by atoms with Crippen LogP contribution >= 0.6 is 0 Å². The number of nitrogens with zero attached hydrogens (tertiary/aromatic N) is 2. The lowest BCUT2D eigenvalue weighted by Crippen LogP contribution is -2.23. The van der Waals surface area contributed by atoms with Gasteiger partial charge in [0.2, 0.25) is 0 Å². The number of nitrogens with one attached hydrogen (secondary N) is 2. The second-order valence-corrected chi connectivity index (χ2v) is 6.47. The highest BCUT2D eigenvalue weighted by atomic mass is 19.1. The molecule has 24 heavy (non-hydrogen) atoms. The third-order valence-corrected chi connectivity index (χ3v) is 4.43. The van der Waals surface area contributed by atoms with E-state index in [1.54, 1.807) is 0 Å². The standard InChI is InChI=1S/C19H25FN4/c1-14-22-18(21-12-11-15-7-9-16(20)10-8-15)13-19(23-14)24-17-5-3-2-4-6-17/h7-10,13,17H,2-6,11-12H2,1H3,(H2,21,22,23,24). The lowest BCUT2D eigenvalue weighted by Gasteiger charge is -2.23. The van der Waals surface area contributed by atoms with Crippen molar-refractivity contribution in [2.75, 3.05) is 17.2 Å². The van der Waals surface area contributed by atoms with Crippen molar-refractivity contribution < 1.29 is 4.39 Å². The smallest absolute Gasteiger partial charge is 0.132 e. The van der Waals surface area contributed by atoms with Gasteiger partial charge in [-0.2, -0.15) is 0 Å². The maximum Gasteiger partial charge on any atom is 0.132 e. The monoisotopic (exact) mass is 328 g/mol. The molecule has 128 valence electrons. The predicted octanol–water partition coefficient (Wildman–Crippen LogP) is 4.32. The van der Waals surface area contributed by atoms with Gasteiger partial charge in [0, 0.05) is 18.7 Å². The van der Waals surface area contributed by atoms with E-state index in [0.29, 0.717) is 6.04 Å². The third kappa shape index (κ3) is 4.91. The van der Waals surface area contributed by atoms with Crippen LogP contribution < -0.4 is 10.6 Å². The van der Waals surface area contributed by atoms with Crippen LogP contribution in [0.15, 0.2) is 30.3 Å². The van der Waals surface area contributed by atoms with Crippen molar-refractivity contribution in [3.8, 4) is 0 Å². The summed E-state index contributed by atoms with van der Waals surface area (Å²) in [7, 11) is 0. The van der Waals surface area contributed by atoms with Crippen LogP contribution in [-0.2, 0) is 6.42 Å². The maximum absolute atomic E-state index is 12.9. The van der Waals surface area contributed by atoms with Gasteiger partial charge in [-0.3, -0.25) is 0 Å². The molecule has 0 unspecified atom stereocenters. The second-order valence-electron chi connectivity index (χ2n) is 6.47. The van der Waals surface area contributed by atoms with Crippen molar-refractivity contribution in [2.45, 2.75) is 51.5 Å². The minimum Gasteiger partial charge on any atom is -0.370 e. The van der Waals surface area contributed by atoms with Gasteiger partial charge in [0.05, 0.1) is 0 Å². The van der Waals surface area contributed by atoms with E-state index in [2.05, 4.69) is 20.6 Å². The van der Waals surface area contributed by atoms with Crippen LogP contribution in [0.2, 0.25) is 0 Å². The number of aryl methyl sites for hydroxylation is 1. The number of hydrogen-bond acceptors (Lipinski definition) is 4. The number of aromatic nitrogens is 2. The molecule has 1 fully saturated rings. The van der Waals surface area contributed by atoms with Crippen LogP contribution in [0.25, 0.3) is 0 Å². The van der Waals surface area contributed by atoms with E-state index in [1.165, 1.54) is 44.2 Å². The lowest BCUT2D eigenvalue weighted by atomic mass is 9.95. The molecule has 1 aromatic heterocycles. The zero-order valence-corrected chi connectivity index (χ0v) is 14.2. The Hall–Kier alpha value is -2.17. The van der Waals surface area contributed by atoms with Gasteiger partial charge in [0.15, 0.2) is 0 Å². The number of halogens is 1. The molecule has 0 radical (unpaired) electrons. The summed E-state index contributed by atoms with van der Waals surface area (Å²) in [6.07, 6.45) is 7.20. The normalized spacial score (nSPS) is 15.2. The van der Waals surface area contributed by atoms with Crippen LogP contribution in [0, 0.1) is 12.7 Å². The average Bonchev–Trinajstić information content (AvgIpc) is 2.57. The Bertz CT molecular complexity index is 651. The fourth-order valence-corrected chi connectivity index (χ4v) is 3.17. The minimum atomic E-state index is -0.198. The molecule has 0 bridgehead atoms. The Kier molecular flexibility index (Phi) is 5.62. The SMILES string of the molecule is Cc1nc(NCCc2ccc(F)cc2)cc(NC2CCCCC2)n1. The summed E-state index contributed by atoms with van der Waals surface area (Å²) in [5.74, 6) is 2.30. The molecule has 1 aliphatic rings. The van der Waals surface area contributed by atoms with Gasteiger partial charge in [0.1, 0.15) is 23.3 Å². The predicted molar refractivity (Wildman–Crippen MR) is 95.9 cm³/mol. The minimum absolute atomic E-state index is 0.198. The third-order valence-electron chi connectivity index (χ3n) is 4.43. The largest absolute Gasteiger partial charge is 0.370 e. The summed E-state index contributed by atoms with van der Waals surface area (Å²) in [4.78, 5) is 8.95. The molecule has 0 atom stereocenters. The van der Waals surface area contributed by atoms with Crippen molar-refractivity contribution >= 4 is 11.6 Å². The quantitative estimate of drug-likeness (QED) is 0.829. The first-order valence-electron chi connectivity index (χ1n) is 8.79. The van der Waals surface area contributed by atoms with E-state index in [9.17, 15) is 4.39 Å². The van der Waals surface area contributed by atoms with E-state index >= 15 is 0 Å². The molecule has 1 saturated carbocycles. The first-order valence-corrected chi connectivity index (χ1v) is 8.79. The molecule has 2 N–H and O–H groups in total. The van der Waals surface area contributed by atoms with Gasteiger partial charge in [0.25, 0.3) is 0 Å². The van der Waals surface area contributed by atoms with Crippen molar-refractivity contribution in [1.82, 2.24) is 9.97 Å². The summed E-state index contributed by atoms with van der Waals surface area (Å²) in [6.45, 7) is 2.67. The fraction of sp³-hybridized carbons (Fsp3) is 0.474. The number of anilines is 2. The topological polar surface area (TPSA) is 49.8 Å². The van der Waals surface area contributed by atoms with E-state index < -0.39 is 0 Å². The summed E-state index contributed by atoms with van der Waals surface area (Å²) in [5, 5.41) is 6.88. The summed E-state index contributed by atoms with van der Waals surface area (Å²) in [6, 6.07) is 9.13. The molecule has 0 amide bonds. The number of hydrogen-bond donors (Lipinski definition) is 2. The average molecular weight is 328 g/mol. The molecular weight excluding hydrogens is 303 g/mol. The van der Waals surface area contributed by atoms with Gasteiger partial charge >= 0.3 is 0 Å². The summed E-state index contributed by atoms with van der Waals surface area (Å²) >= 11 is 0. The molecule has 1 aromatic carbocycles. The zero-order chi connectivity index (χ0) is 16.8. The highest BCUT2D eigenvalue weighted by molar-refractivity contribution is 5.48. The summed E-state index contributed by atoms with van der Waals surface area (Å²) in [5.41, 5.74) is 1.11. The van der Waals surface area contributed by atoms with Crippen LogP contribution in [0.5, 0.6) is 0 Å². The van der Waals surface area contributed by atoms with Crippen molar-refractivity contribution in [3.63, 3.8) is 0 Å². The van der Waals surface area contributed by atoms with Crippen molar-refractivity contribution in [1.29, 1.82) is 0 Å². The molecule has 0 spiro atoms. The Balaban J connectivity index is 1.55.